The van der Waals surface area contributed by atoms with Crippen LogP contribution < -0.4 is 5.32 Å². The summed E-state index contributed by atoms with van der Waals surface area (Å²) in [5.41, 5.74) is 0.792. The number of amides is 1. The van der Waals surface area contributed by atoms with Crippen molar-refractivity contribution in [1.82, 2.24) is 9.97 Å². The second-order valence-electron chi connectivity index (χ2n) is 2.77. The SMILES string of the molecule is [B]=C1C(=O)Nc2nc(CC)ncc21. The van der Waals surface area contributed by atoms with Gasteiger partial charge in [-0.2, -0.15) is 0 Å². The molecule has 0 aromatic carbocycles. The maximum atomic E-state index is 11.1. The van der Waals surface area contributed by atoms with Crippen LogP contribution in [0.5, 0.6) is 0 Å². The van der Waals surface area contributed by atoms with Crippen LogP contribution in [0.25, 0.3) is 0 Å². The molecule has 5 heteroatoms. The number of hydrogen-bond donors (Lipinski definition) is 1. The van der Waals surface area contributed by atoms with Gasteiger partial charge in [0.25, 0.3) is 0 Å². The molecule has 0 unspecified atom stereocenters. The van der Waals surface area contributed by atoms with Gasteiger partial charge < -0.3 is 0 Å². The minimum atomic E-state index is -0.294. The Morgan fingerprint density at radius 2 is 2.38 bits per heavy atom. The standard InChI is InChI=1S/C8H7BN3O/c1-2-5-10-3-4-6(9)8(13)12-7(4)11-5/h3H,2H2,1H3,(H,10,11,12,13). The van der Waals surface area contributed by atoms with Crippen LogP contribution in [0.2, 0.25) is 0 Å². The van der Waals surface area contributed by atoms with E-state index < -0.39 is 0 Å². The molecule has 1 aromatic heterocycles. The summed E-state index contributed by atoms with van der Waals surface area (Å²) in [5, 5.41) is 2.57. The Morgan fingerprint density at radius 3 is 3.08 bits per heavy atom. The van der Waals surface area contributed by atoms with Crippen molar-refractivity contribution < 1.29 is 4.79 Å². The van der Waals surface area contributed by atoms with Gasteiger partial charge in [0.05, 0.1) is 0 Å². The van der Waals surface area contributed by atoms with Gasteiger partial charge in [0, 0.05) is 0 Å². The fourth-order valence-electron chi connectivity index (χ4n) is 1.18. The molecule has 4 nitrogen and oxygen atoms in total. The monoisotopic (exact) mass is 172 g/mol. The molecule has 0 saturated heterocycles. The van der Waals surface area contributed by atoms with E-state index in [2.05, 4.69) is 15.3 Å². The summed E-state index contributed by atoms with van der Waals surface area (Å²) < 4.78 is 0. The van der Waals surface area contributed by atoms with Crippen LogP contribution in [0.3, 0.4) is 0 Å². The van der Waals surface area contributed by atoms with Crippen molar-refractivity contribution in [2.75, 3.05) is 5.32 Å². The van der Waals surface area contributed by atoms with Crippen LogP contribution in [-0.4, -0.2) is 28.8 Å². The zero-order valence-corrected chi connectivity index (χ0v) is 7.16. The van der Waals surface area contributed by atoms with Gasteiger partial charge in [-0.25, -0.2) is 0 Å². The molecule has 13 heavy (non-hydrogen) atoms. The van der Waals surface area contributed by atoms with Gasteiger partial charge in [0.15, 0.2) is 0 Å². The molecule has 0 saturated carbocycles. The van der Waals surface area contributed by atoms with Crippen LogP contribution in [0.15, 0.2) is 6.20 Å². The molecule has 0 atom stereocenters. The quantitative estimate of drug-likeness (QED) is 0.590. The van der Waals surface area contributed by atoms with Crippen LogP contribution in [0.4, 0.5) is 5.82 Å². The number of aromatic nitrogens is 2. The third kappa shape index (κ3) is 1.16. The molecule has 2 rings (SSSR count). The zero-order valence-electron chi connectivity index (χ0n) is 7.16. The molecule has 1 aliphatic heterocycles. The third-order valence-corrected chi connectivity index (χ3v) is 1.92. The van der Waals surface area contributed by atoms with Crippen molar-refractivity contribution in [3.8, 4) is 0 Å². The number of nitrogens with one attached hydrogen (secondary N) is 1. The van der Waals surface area contributed by atoms with E-state index in [4.69, 9.17) is 7.49 Å². The Kier molecular flexibility index (Phi) is 1.72. The average Bonchev–Trinajstić information content (AvgIpc) is 2.42. The molecule has 0 aliphatic carbocycles. The van der Waals surface area contributed by atoms with Crippen molar-refractivity contribution in [1.29, 1.82) is 0 Å². The van der Waals surface area contributed by atoms with E-state index in [0.29, 0.717) is 17.2 Å². The van der Waals surface area contributed by atoms with Crippen LogP contribution in [0.1, 0.15) is 18.3 Å². The summed E-state index contributed by atoms with van der Waals surface area (Å²) >= 11 is 0. The van der Waals surface area contributed by atoms with Gasteiger partial charge in [-0.05, 0) is 0 Å². The van der Waals surface area contributed by atoms with Gasteiger partial charge >= 0.3 is 75.7 Å². The summed E-state index contributed by atoms with van der Waals surface area (Å²) in [7, 11) is 5.51. The number of carbonyl (C=O) groups excluding carboxylic acids is 1. The molecule has 1 aliphatic rings. The molecule has 1 radical (unpaired) electrons. The average molecular weight is 172 g/mol. The second-order valence-corrected chi connectivity index (χ2v) is 2.77. The van der Waals surface area contributed by atoms with Crippen LogP contribution >= 0.6 is 0 Å². The minimum absolute atomic E-state index is 0.192. The number of anilines is 1. The predicted octanol–water partition coefficient (Wildman–Crippen LogP) is -0.320. The Bertz CT molecular complexity index is 402. The molecular weight excluding hydrogens is 165 g/mol. The molecule has 1 amide bonds. The number of aryl methyl sites for hydroxylation is 1. The zero-order chi connectivity index (χ0) is 9.42. The van der Waals surface area contributed by atoms with Crippen molar-refractivity contribution >= 4 is 24.7 Å². The Morgan fingerprint density at radius 1 is 1.62 bits per heavy atom. The second kappa shape index (κ2) is 2.76. The number of rotatable bonds is 1. The molecule has 0 bridgehead atoms. The Hall–Kier alpha value is -1.52. The molecule has 2 heterocycles. The number of hydrogen-bond acceptors (Lipinski definition) is 3. The Labute approximate surface area is 76.5 Å². The fourth-order valence-corrected chi connectivity index (χ4v) is 1.18. The van der Waals surface area contributed by atoms with Gasteiger partial charge in [0.1, 0.15) is 0 Å². The van der Waals surface area contributed by atoms with Crippen molar-refractivity contribution in [3.05, 3.63) is 17.6 Å². The molecule has 0 fully saturated rings. The van der Waals surface area contributed by atoms with E-state index in [1.807, 2.05) is 6.92 Å². The van der Waals surface area contributed by atoms with Gasteiger partial charge in [-0.1, -0.05) is 0 Å². The first kappa shape index (κ1) is 8.10. The topological polar surface area (TPSA) is 54.9 Å². The van der Waals surface area contributed by atoms with Crippen molar-refractivity contribution in [2.24, 2.45) is 0 Å². The maximum absolute atomic E-state index is 11.1. The van der Waals surface area contributed by atoms with Crippen molar-refractivity contribution in [3.63, 3.8) is 0 Å². The van der Waals surface area contributed by atoms with E-state index in [0.717, 1.165) is 6.42 Å². The first-order valence-corrected chi connectivity index (χ1v) is 4.02. The molecule has 0 spiro atoms. The summed E-state index contributed by atoms with van der Waals surface area (Å²) in [4.78, 5) is 19.3. The van der Waals surface area contributed by atoms with E-state index in [9.17, 15) is 4.79 Å². The number of nitrogens with zero attached hydrogens (tertiary/aromatic N) is 2. The van der Waals surface area contributed by atoms with Crippen molar-refractivity contribution in [2.45, 2.75) is 13.3 Å². The molecular formula is C8H7BN3O. The summed E-state index contributed by atoms with van der Waals surface area (Å²) in [6.45, 7) is 1.95. The molecule has 63 valence electrons. The van der Waals surface area contributed by atoms with Crippen LogP contribution in [-0.2, 0) is 11.2 Å². The molecule has 1 aromatic rings. The normalized spacial score (nSPS) is 14.2. The first-order chi connectivity index (χ1) is 6.22. The predicted molar refractivity (Wildman–Crippen MR) is 49.9 cm³/mol. The third-order valence-electron chi connectivity index (χ3n) is 1.92. The van der Waals surface area contributed by atoms with Gasteiger partial charge in [0.2, 0.25) is 0 Å². The summed E-state index contributed by atoms with van der Waals surface area (Å²) in [6, 6.07) is 0. The van der Waals surface area contributed by atoms with E-state index in [1.54, 1.807) is 6.20 Å². The van der Waals surface area contributed by atoms with Gasteiger partial charge in [-0.15, -0.1) is 0 Å². The van der Waals surface area contributed by atoms with E-state index in [1.165, 1.54) is 0 Å². The fraction of sp³-hybridized carbons (Fsp3) is 0.250. The summed E-state index contributed by atoms with van der Waals surface area (Å²) in [6.07, 6.45) is 2.32. The number of carbonyl (C=O) groups is 1. The van der Waals surface area contributed by atoms with Gasteiger partial charge in [-0.3, -0.25) is 0 Å². The summed E-state index contributed by atoms with van der Waals surface area (Å²) in [5.74, 6) is 0.931. The van der Waals surface area contributed by atoms with E-state index >= 15 is 0 Å². The van der Waals surface area contributed by atoms with E-state index in [-0.39, 0.29) is 11.4 Å². The van der Waals surface area contributed by atoms with Crippen LogP contribution in [0, 0.1) is 0 Å². The first-order valence-electron chi connectivity index (χ1n) is 4.02. The number of fused-ring (bicyclic) bond motifs is 1. The molecule has 1 N–H and O–H groups in total. The Balaban J connectivity index is 2.52.